The molecule has 47 heavy (non-hydrogen) atoms. The van der Waals surface area contributed by atoms with Gasteiger partial charge in [0.1, 0.15) is 24.2 Å². The Morgan fingerprint density at radius 1 is 0.745 bits per heavy atom. The molecule has 7 unspecified atom stereocenters. The quantitative estimate of drug-likeness (QED) is 0.142. The van der Waals surface area contributed by atoms with Crippen molar-refractivity contribution in [2.24, 2.45) is 5.92 Å². The second-order valence-electron chi connectivity index (χ2n) is 13.3. The third-order valence-corrected chi connectivity index (χ3v) is 9.41. The molecule has 5 aliphatic rings. The predicted octanol–water partition coefficient (Wildman–Crippen LogP) is -3.61. The molecule has 262 valence electrons. The van der Waals surface area contributed by atoms with E-state index in [4.69, 9.17) is 4.74 Å². The molecule has 7 atom stereocenters. The molecule has 0 aromatic carbocycles. The Bertz CT molecular complexity index is 1250. The van der Waals surface area contributed by atoms with Crippen LogP contribution in [0.15, 0.2) is 0 Å². The van der Waals surface area contributed by atoms with Gasteiger partial charge in [-0.1, -0.05) is 13.8 Å². The predicted molar refractivity (Wildman–Crippen MR) is 161 cm³/mol. The summed E-state index contributed by atoms with van der Waals surface area (Å²) in [7, 11) is 0. The van der Waals surface area contributed by atoms with E-state index in [2.05, 4.69) is 27.0 Å². The molecule has 5 amide bonds. The molecule has 5 saturated heterocycles. The lowest BCUT2D eigenvalue weighted by atomic mass is 9.97. The Labute approximate surface area is 272 Å². The number of fused-ring (bicyclic) bond motifs is 4. The summed E-state index contributed by atoms with van der Waals surface area (Å²) in [5, 5.41) is 27.9. The standard InChI is InChI=1S/C29H47N9O9/c1-16(2)22-27(45)37-20(9-6-12-32-37)25(43)35-18(7-4-10-30-35)24(42)36-19(8-5-11-31-36)26(44)38-21(13-17(40)14-33-38)23(41)34-29(3,15-39)28(46)47-22/h16-22,30-33,39-40H,4-15H2,1-3H3,(H,34,41). The average Bonchev–Trinajstić information content (AvgIpc) is 3.08. The van der Waals surface area contributed by atoms with Crippen LogP contribution < -0.4 is 27.0 Å². The van der Waals surface area contributed by atoms with Gasteiger partial charge in [0.25, 0.3) is 23.6 Å². The van der Waals surface area contributed by atoms with Crippen LogP contribution in [-0.4, -0.2) is 140 Å². The van der Waals surface area contributed by atoms with Gasteiger partial charge in [-0.2, -0.15) is 0 Å². The van der Waals surface area contributed by atoms with Crippen molar-refractivity contribution >= 4 is 35.5 Å². The van der Waals surface area contributed by atoms with E-state index in [0.717, 1.165) is 10.0 Å². The minimum Gasteiger partial charge on any atom is -0.450 e. The zero-order valence-electron chi connectivity index (χ0n) is 27.1. The third kappa shape index (κ3) is 6.93. The molecule has 0 bridgehead atoms. The van der Waals surface area contributed by atoms with Crippen LogP contribution in [0.25, 0.3) is 0 Å². The van der Waals surface area contributed by atoms with Crippen LogP contribution in [0.3, 0.4) is 0 Å². The van der Waals surface area contributed by atoms with Crippen LogP contribution in [-0.2, 0) is 33.5 Å². The van der Waals surface area contributed by atoms with Crippen LogP contribution in [0.5, 0.6) is 0 Å². The fourth-order valence-corrected chi connectivity index (χ4v) is 6.66. The summed E-state index contributed by atoms with van der Waals surface area (Å²) in [6.45, 7) is 4.73. The largest absolute Gasteiger partial charge is 0.450 e. The highest BCUT2D eigenvalue weighted by molar-refractivity contribution is 5.97. The Kier molecular flexibility index (Phi) is 10.7. The van der Waals surface area contributed by atoms with E-state index in [1.54, 1.807) is 13.8 Å². The van der Waals surface area contributed by atoms with Crippen molar-refractivity contribution in [1.29, 1.82) is 0 Å². The smallest absolute Gasteiger partial charge is 0.334 e. The molecular weight excluding hydrogens is 618 g/mol. The molecule has 18 nitrogen and oxygen atoms in total. The number of rotatable bonds is 2. The summed E-state index contributed by atoms with van der Waals surface area (Å²) in [6, 6.07) is -4.45. The molecular formula is C29H47N9O9. The maximum atomic E-state index is 14.2. The van der Waals surface area contributed by atoms with Gasteiger partial charge in [0.05, 0.1) is 12.7 Å². The van der Waals surface area contributed by atoms with Crippen molar-refractivity contribution in [1.82, 2.24) is 47.1 Å². The summed E-state index contributed by atoms with van der Waals surface area (Å²) >= 11 is 0. The first kappa shape index (κ1) is 34.9. The summed E-state index contributed by atoms with van der Waals surface area (Å²) in [5.74, 6) is -4.92. The maximum absolute atomic E-state index is 14.2. The van der Waals surface area contributed by atoms with E-state index < -0.39 is 89.9 Å². The van der Waals surface area contributed by atoms with Gasteiger partial charge < -0.3 is 20.3 Å². The first-order valence-corrected chi connectivity index (χ1v) is 16.5. The minimum atomic E-state index is -2.04. The third-order valence-electron chi connectivity index (χ3n) is 9.41. The van der Waals surface area contributed by atoms with Gasteiger partial charge in [0, 0.05) is 32.6 Å². The topological polar surface area (TPSA) is 225 Å². The second-order valence-corrected chi connectivity index (χ2v) is 13.3. The van der Waals surface area contributed by atoms with Crippen molar-refractivity contribution in [3.05, 3.63) is 0 Å². The molecule has 0 aliphatic carbocycles. The molecule has 0 aromatic rings. The Hall–Kier alpha value is -3.42. The number of aliphatic hydroxyl groups excluding tert-OH is 2. The first-order valence-electron chi connectivity index (χ1n) is 16.5. The summed E-state index contributed by atoms with van der Waals surface area (Å²) in [4.78, 5) is 84.0. The monoisotopic (exact) mass is 665 g/mol. The molecule has 0 spiro atoms. The van der Waals surface area contributed by atoms with Gasteiger partial charge in [0.2, 0.25) is 5.91 Å². The number of hydrogen-bond donors (Lipinski definition) is 7. The SMILES string of the molecule is CC(C)C1OC(=O)C(C)(CO)NC(=O)C2CC(O)CNN2C(=O)C2CCCNN2C(=O)C2CCCNN2C(=O)C2CCCNN2C1=O. The number of ether oxygens (including phenoxy) is 1. The lowest BCUT2D eigenvalue weighted by Crippen LogP contribution is -2.72. The van der Waals surface area contributed by atoms with Crippen molar-refractivity contribution in [2.75, 3.05) is 32.8 Å². The van der Waals surface area contributed by atoms with Crippen molar-refractivity contribution in [3.8, 4) is 0 Å². The molecule has 5 rings (SSSR count). The lowest BCUT2D eigenvalue weighted by Gasteiger charge is -2.46. The van der Waals surface area contributed by atoms with E-state index in [-0.39, 0.29) is 25.8 Å². The minimum absolute atomic E-state index is 0.0537. The normalized spacial score (nSPS) is 35.3. The van der Waals surface area contributed by atoms with Crippen LogP contribution in [0, 0.1) is 5.92 Å². The maximum Gasteiger partial charge on any atom is 0.334 e. The van der Waals surface area contributed by atoms with E-state index in [9.17, 15) is 39.0 Å². The van der Waals surface area contributed by atoms with Crippen LogP contribution in [0.4, 0.5) is 0 Å². The van der Waals surface area contributed by atoms with Crippen LogP contribution >= 0.6 is 0 Å². The number of carbonyl (C=O) groups excluding carboxylic acids is 6. The molecule has 7 N–H and O–H groups in total. The fourth-order valence-electron chi connectivity index (χ4n) is 6.66. The zero-order chi connectivity index (χ0) is 34.0. The molecule has 0 saturated carbocycles. The van der Waals surface area contributed by atoms with Crippen molar-refractivity contribution in [2.45, 2.75) is 108 Å². The van der Waals surface area contributed by atoms with E-state index in [1.807, 2.05) is 0 Å². The number of carbonyl (C=O) groups is 6. The molecule has 5 heterocycles. The second kappa shape index (κ2) is 14.4. The molecule has 0 aromatic heterocycles. The number of hydrazine groups is 4. The zero-order valence-corrected chi connectivity index (χ0v) is 27.1. The Morgan fingerprint density at radius 2 is 1.19 bits per heavy atom. The number of nitrogens with one attached hydrogen (secondary N) is 5. The Balaban J connectivity index is 1.58. The Morgan fingerprint density at radius 3 is 1.64 bits per heavy atom. The van der Waals surface area contributed by atoms with E-state index >= 15 is 0 Å². The van der Waals surface area contributed by atoms with Crippen molar-refractivity contribution < 1.29 is 43.7 Å². The number of cyclic esters (lactones) is 1. The summed E-state index contributed by atoms with van der Waals surface area (Å²) in [6.07, 6.45) is -0.139. The number of amides is 5. The molecule has 0 radical (unpaired) electrons. The first-order chi connectivity index (χ1) is 22.4. The van der Waals surface area contributed by atoms with E-state index in [1.165, 1.54) is 16.9 Å². The average molecular weight is 666 g/mol. The molecule has 5 fully saturated rings. The van der Waals surface area contributed by atoms with Crippen LogP contribution in [0.1, 0.15) is 65.7 Å². The van der Waals surface area contributed by atoms with Gasteiger partial charge >= 0.3 is 5.97 Å². The van der Waals surface area contributed by atoms with E-state index in [0.29, 0.717) is 45.3 Å². The fraction of sp³-hybridized carbons (Fsp3) is 0.793. The number of β-amino-alcohol motifs (C(OH)–C–C–N with tert-alkyl or cyclic N) is 1. The number of esters is 1. The van der Waals surface area contributed by atoms with Gasteiger partial charge in [0.15, 0.2) is 11.6 Å². The number of nitrogens with zero attached hydrogens (tertiary/aromatic N) is 4. The molecule has 5 aliphatic heterocycles. The highest BCUT2D eigenvalue weighted by atomic mass is 16.6. The highest BCUT2D eigenvalue weighted by Gasteiger charge is 2.50. The number of hydrogen-bond acceptors (Lipinski definition) is 13. The van der Waals surface area contributed by atoms with Gasteiger partial charge in [-0.25, -0.2) is 26.5 Å². The summed E-state index contributed by atoms with van der Waals surface area (Å²) < 4.78 is 5.68. The number of aliphatic hydroxyl groups is 2. The summed E-state index contributed by atoms with van der Waals surface area (Å²) in [5.41, 5.74) is 9.76. The van der Waals surface area contributed by atoms with Gasteiger partial charge in [-0.05, 0) is 51.4 Å². The van der Waals surface area contributed by atoms with Crippen LogP contribution in [0.2, 0.25) is 0 Å². The van der Waals surface area contributed by atoms with Gasteiger partial charge in [-0.3, -0.25) is 44.0 Å². The highest BCUT2D eigenvalue weighted by Crippen LogP contribution is 2.26. The lowest BCUT2D eigenvalue weighted by molar-refractivity contribution is -0.178. The van der Waals surface area contributed by atoms with Gasteiger partial charge in [-0.15, -0.1) is 0 Å². The van der Waals surface area contributed by atoms with Crippen molar-refractivity contribution in [3.63, 3.8) is 0 Å². The molecule has 18 heteroatoms.